The first-order chi connectivity index (χ1) is 9.04. The van der Waals surface area contributed by atoms with E-state index in [0.717, 1.165) is 10.9 Å². The summed E-state index contributed by atoms with van der Waals surface area (Å²) in [4.78, 5) is 12.2. The second-order valence-corrected chi connectivity index (χ2v) is 5.00. The molecule has 2 rings (SSSR count). The van der Waals surface area contributed by atoms with Gasteiger partial charge in [-0.3, -0.25) is 9.48 Å². The van der Waals surface area contributed by atoms with E-state index in [1.165, 1.54) is 0 Å². The fourth-order valence-electron chi connectivity index (χ4n) is 2.04. The van der Waals surface area contributed by atoms with Gasteiger partial charge in [-0.25, -0.2) is 0 Å². The number of nitrogens with zero attached hydrogens (tertiary/aromatic N) is 2. The molecule has 5 heteroatoms. The van der Waals surface area contributed by atoms with Crippen LogP contribution in [0, 0.1) is 5.92 Å². The highest BCUT2D eigenvalue weighted by molar-refractivity contribution is 6.04. The van der Waals surface area contributed by atoms with Crippen LogP contribution in [0.1, 0.15) is 24.3 Å². The monoisotopic (exact) mass is 261 g/mol. The molecule has 0 saturated heterocycles. The first kappa shape index (κ1) is 13.5. The standard InChI is InChI=1S/C14H19N3O2/c1-9(2)11(8-18)15-14(19)13-10-6-4-5-7-12(10)17(3)16-13/h4-7,9,11,18H,8H2,1-3H3,(H,15,19). The van der Waals surface area contributed by atoms with Gasteiger partial charge in [0, 0.05) is 12.4 Å². The zero-order valence-electron chi connectivity index (χ0n) is 11.4. The molecule has 0 bridgehead atoms. The van der Waals surface area contributed by atoms with E-state index in [4.69, 9.17) is 0 Å². The third kappa shape index (κ3) is 2.61. The van der Waals surface area contributed by atoms with Crippen LogP contribution in [0.15, 0.2) is 24.3 Å². The van der Waals surface area contributed by atoms with Gasteiger partial charge in [0.05, 0.1) is 18.2 Å². The Morgan fingerprint density at radius 1 is 1.42 bits per heavy atom. The van der Waals surface area contributed by atoms with Crippen molar-refractivity contribution in [3.8, 4) is 0 Å². The summed E-state index contributed by atoms with van der Waals surface area (Å²) in [7, 11) is 1.81. The quantitative estimate of drug-likeness (QED) is 0.872. The number of carbonyl (C=O) groups excluding carboxylic acids is 1. The number of nitrogens with one attached hydrogen (secondary N) is 1. The Bertz CT molecular complexity index is 589. The molecule has 1 unspecified atom stereocenters. The van der Waals surface area contributed by atoms with E-state index in [1.54, 1.807) is 4.68 Å². The molecule has 0 saturated carbocycles. The topological polar surface area (TPSA) is 67.2 Å². The number of amides is 1. The van der Waals surface area contributed by atoms with Crippen molar-refractivity contribution in [2.45, 2.75) is 19.9 Å². The summed E-state index contributed by atoms with van der Waals surface area (Å²) in [6, 6.07) is 7.34. The Labute approximate surface area is 112 Å². The summed E-state index contributed by atoms with van der Waals surface area (Å²) in [5.41, 5.74) is 1.31. The van der Waals surface area contributed by atoms with Crippen LogP contribution in [0.4, 0.5) is 0 Å². The number of para-hydroxylation sites is 1. The van der Waals surface area contributed by atoms with E-state index in [0.29, 0.717) is 5.69 Å². The Morgan fingerprint density at radius 2 is 2.11 bits per heavy atom. The molecule has 0 radical (unpaired) electrons. The highest BCUT2D eigenvalue weighted by atomic mass is 16.3. The van der Waals surface area contributed by atoms with E-state index in [-0.39, 0.29) is 24.5 Å². The van der Waals surface area contributed by atoms with Gasteiger partial charge in [0.2, 0.25) is 0 Å². The van der Waals surface area contributed by atoms with Gasteiger partial charge in [-0.05, 0) is 12.0 Å². The van der Waals surface area contributed by atoms with Crippen LogP contribution in [-0.4, -0.2) is 33.4 Å². The van der Waals surface area contributed by atoms with E-state index < -0.39 is 0 Å². The first-order valence-electron chi connectivity index (χ1n) is 6.38. The summed E-state index contributed by atoms with van der Waals surface area (Å²) in [5, 5.41) is 17.2. The fraction of sp³-hybridized carbons (Fsp3) is 0.429. The van der Waals surface area contributed by atoms with Gasteiger partial charge < -0.3 is 10.4 Å². The largest absolute Gasteiger partial charge is 0.394 e. The smallest absolute Gasteiger partial charge is 0.272 e. The van der Waals surface area contributed by atoms with Gasteiger partial charge in [0.25, 0.3) is 5.91 Å². The van der Waals surface area contributed by atoms with Gasteiger partial charge >= 0.3 is 0 Å². The molecule has 0 aliphatic rings. The van der Waals surface area contributed by atoms with Crippen molar-refractivity contribution in [1.29, 1.82) is 0 Å². The van der Waals surface area contributed by atoms with Crippen molar-refractivity contribution < 1.29 is 9.90 Å². The minimum Gasteiger partial charge on any atom is -0.394 e. The zero-order chi connectivity index (χ0) is 14.0. The molecular weight excluding hydrogens is 242 g/mol. The van der Waals surface area contributed by atoms with Crippen molar-refractivity contribution in [1.82, 2.24) is 15.1 Å². The van der Waals surface area contributed by atoms with Crippen molar-refractivity contribution in [3.63, 3.8) is 0 Å². The maximum Gasteiger partial charge on any atom is 0.272 e. The molecule has 19 heavy (non-hydrogen) atoms. The number of aliphatic hydroxyl groups excluding tert-OH is 1. The normalized spacial score (nSPS) is 12.9. The number of aliphatic hydroxyl groups is 1. The second-order valence-electron chi connectivity index (χ2n) is 5.00. The van der Waals surface area contributed by atoms with Crippen LogP contribution in [0.5, 0.6) is 0 Å². The van der Waals surface area contributed by atoms with Crippen LogP contribution in [0.3, 0.4) is 0 Å². The van der Waals surface area contributed by atoms with Crippen molar-refractivity contribution in [3.05, 3.63) is 30.0 Å². The number of carbonyl (C=O) groups is 1. The third-order valence-electron chi connectivity index (χ3n) is 3.29. The maximum atomic E-state index is 12.2. The van der Waals surface area contributed by atoms with Crippen molar-refractivity contribution in [2.24, 2.45) is 13.0 Å². The second kappa shape index (κ2) is 5.40. The lowest BCUT2D eigenvalue weighted by molar-refractivity contribution is 0.0892. The highest BCUT2D eigenvalue weighted by Crippen LogP contribution is 2.17. The van der Waals surface area contributed by atoms with Gasteiger partial charge in [0.15, 0.2) is 5.69 Å². The zero-order valence-corrected chi connectivity index (χ0v) is 11.4. The predicted octanol–water partition coefficient (Wildman–Crippen LogP) is 1.32. The highest BCUT2D eigenvalue weighted by Gasteiger charge is 2.20. The van der Waals surface area contributed by atoms with E-state index in [1.807, 2.05) is 45.2 Å². The number of hydrogen-bond acceptors (Lipinski definition) is 3. The lowest BCUT2D eigenvalue weighted by Crippen LogP contribution is -2.41. The van der Waals surface area contributed by atoms with Crippen molar-refractivity contribution >= 4 is 16.8 Å². The van der Waals surface area contributed by atoms with Gasteiger partial charge in [-0.1, -0.05) is 32.0 Å². The minimum absolute atomic E-state index is 0.0752. The van der Waals surface area contributed by atoms with E-state index in [9.17, 15) is 9.90 Å². The first-order valence-corrected chi connectivity index (χ1v) is 6.38. The van der Waals surface area contributed by atoms with Crippen molar-refractivity contribution in [2.75, 3.05) is 6.61 Å². The average molecular weight is 261 g/mol. The van der Waals surface area contributed by atoms with Gasteiger partial charge in [-0.15, -0.1) is 0 Å². The summed E-state index contributed by atoms with van der Waals surface area (Å²) in [6.07, 6.45) is 0. The summed E-state index contributed by atoms with van der Waals surface area (Å²) >= 11 is 0. The number of fused-ring (bicyclic) bond motifs is 1. The van der Waals surface area contributed by atoms with Gasteiger partial charge in [0.1, 0.15) is 0 Å². The Hall–Kier alpha value is -1.88. The molecule has 1 atom stereocenters. The number of hydrogen-bond donors (Lipinski definition) is 2. The van der Waals surface area contributed by atoms with Crippen LogP contribution in [0.25, 0.3) is 10.9 Å². The number of rotatable bonds is 4. The van der Waals surface area contributed by atoms with E-state index >= 15 is 0 Å². The molecule has 0 aliphatic carbocycles. The Balaban J connectivity index is 2.32. The Morgan fingerprint density at radius 3 is 2.74 bits per heavy atom. The average Bonchev–Trinajstić information content (AvgIpc) is 2.73. The molecule has 1 aromatic heterocycles. The lowest BCUT2D eigenvalue weighted by Gasteiger charge is -2.19. The third-order valence-corrected chi connectivity index (χ3v) is 3.29. The molecule has 1 aromatic carbocycles. The molecule has 1 amide bonds. The molecule has 2 N–H and O–H groups in total. The van der Waals surface area contributed by atoms with Crippen LogP contribution < -0.4 is 5.32 Å². The molecule has 0 spiro atoms. The molecule has 1 heterocycles. The lowest BCUT2D eigenvalue weighted by atomic mass is 10.1. The SMILES string of the molecule is CC(C)C(CO)NC(=O)c1nn(C)c2ccccc12. The number of aryl methyl sites for hydroxylation is 1. The molecule has 102 valence electrons. The minimum atomic E-state index is -0.256. The van der Waals surface area contributed by atoms with Crippen LogP contribution >= 0.6 is 0 Å². The summed E-state index contributed by atoms with van der Waals surface area (Å²) < 4.78 is 1.69. The fourth-order valence-corrected chi connectivity index (χ4v) is 2.04. The summed E-state index contributed by atoms with van der Waals surface area (Å²) in [5.74, 6) is -0.0755. The Kier molecular flexibility index (Phi) is 3.85. The summed E-state index contributed by atoms with van der Waals surface area (Å²) in [6.45, 7) is 3.84. The van der Waals surface area contributed by atoms with Gasteiger partial charge in [-0.2, -0.15) is 5.10 Å². The molecule has 2 aromatic rings. The molecule has 0 aliphatic heterocycles. The molecule has 0 fully saturated rings. The number of benzene rings is 1. The number of aromatic nitrogens is 2. The molecular formula is C14H19N3O2. The van der Waals surface area contributed by atoms with Crippen LogP contribution in [0.2, 0.25) is 0 Å². The predicted molar refractivity (Wildman–Crippen MR) is 73.9 cm³/mol. The molecule has 5 nitrogen and oxygen atoms in total. The van der Waals surface area contributed by atoms with Crippen LogP contribution in [-0.2, 0) is 7.05 Å². The maximum absolute atomic E-state index is 12.2. The van der Waals surface area contributed by atoms with E-state index in [2.05, 4.69) is 10.4 Å².